The monoisotopic (exact) mass is 314 g/mol. The zero-order valence-corrected chi connectivity index (χ0v) is 11.2. The predicted octanol–water partition coefficient (Wildman–Crippen LogP) is 2.74. The van der Waals surface area contributed by atoms with Crippen molar-refractivity contribution in [3.8, 4) is 0 Å². The molecule has 2 aromatic rings. The second-order valence-electron chi connectivity index (χ2n) is 2.83. The van der Waals surface area contributed by atoms with Gasteiger partial charge in [0.2, 0.25) is 0 Å². The van der Waals surface area contributed by atoms with Gasteiger partial charge in [-0.1, -0.05) is 29.2 Å². The number of nitrogens with two attached hydrogens (primary N) is 1. The Balaban J connectivity index is 2.40. The van der Waals surface area contributed by atoms with Crippen LogP contribution in [0.3, 0.4) is 0 Å². The molecule has 0 aliphatic rings. The minimum atomic E-state index is 0.0412. The van der Waals surface area contributed by atoms with E-state index in [-0.39, 0.29) is 5.84 Å². The Morgan fingerprint density at radius 2 is 2.31 bits per heavy atom. The van der Waals surface area contributed by atoms with Crippen molar-refractivity contribution in [3.05, 3.63) is 33.7 Å². The van der Waals surface area contributed by atoms with Crippen LogP contribution in [-0.2, 0) is 0 Å². The van der Waals surface area contributed by atoms with Gasteiger partial charge in [0, 0.05) is 14.9 Å². The Kier molecular flexibility index (Phi) is 3.57. The SMILES string of the molecule is N=C(N)c1c(Br)cccc1Sc1nncs1. The molecule has 16 heavy (non-hydrogen) atoms. The molecule has 1 heterocycles. The van der Waals surface area contributed by atoms with Crippen molar-refractivity contribution < 1.29 is 0 Å². The molecule has 4 nitrogen and oxygen atoms in total. The fourth-order valence-corrected chi connectivity index (χ4v) is 3.48. The molecule has 0 radical (unpaired) electrons. The van der Waals surface area contributed by atoms with Crippen LogP contribution in [0.5, 0.6) is 0 Å². The van der Waals surface area contributed by atoms with Gasteiger partial charge in [-0.3, -0.25) is 5.41 Å². The third-order valence-corrected chi connectivity index (χ3v) is 4.28. The van der Waals surface area contributed by atoms with Crippen molar-refractivity contribution in [3.63, 3.8) is 0 Å². The number of halogens is 1. The van der Waals surface area contributed by atoms with Crippen LogP contribution in [0.4, 0.5) is 0 Å². The molecule has 0 fully saturated rings. The largest absolute Gasteiger partial charge is 0.384 e. The first kappa shape index (κ1) is 11.6. The maximum atomic E-state index is 7.55. The fourth-order valence-electron chi connectivity index (χ4n) is 1.15. The van der Waals surface area contributed by atoms with Crippen LogP contribution in [0, 0.1) is 5.41 Å². The lowest BCUT2D eigenvalue weighted by Crippen LogP contribution is -2.13. The molecule has 0 saturated carbocycles. The summed E-state index contributed by atoms with van der Waals surface area (Å²) in [5.41, 5.74) is 7.92. The summed E-state index contributed by atoms with van der Waals surface area (Å²) >= 11 is 6.30. The van der Waals surface area contributed by atoms with Crippen molar-refractivity contribution in [2.24, 2.45) is 5.73 Å². The van der Waals surface area contributed by atoms with E-state index in [0.717, 1.165) is 13.7 Å². The molecule has 3 N–H and O–H groups in total. The molecule has 1 aromatic carbocycles. The summed E-state index contributed by atoms with van der Waals surface area (Å²) in [5.74, 6) is 0.0412. The number of hydrogen-bond donors (Lipinski definition) is 2. The van der Waals surface area contributed by atoms with Gasteiger partial charge in [0.25, 0.3) is 0 Å². The molecule has 0 saturated heterocycles. The predicted molar refractivity (Wildman–Crippen MR) is 69.2 cm³/mol. The molecule has 0 atom stereocenters. The van der Waals surface area contributed by atoms with Crippen molar-refractivity contribution in [2.75, 3.05) is 0 Å². The summed E-state index contributed by atoms with van der Waals surface area (Å²) in [6, 6.07) is 5.67. The van der Waals surface area contributed by atoms with Gasteiger partial charge in [-0.25, -0.2) is 0 Å². The summed E-state index contributed by atoms with van der Waals surface area (Å²) in [6.45, 7) is 0. The molecule has 0 spiro atoms. The van der Waals surface area contributed by atoms with Gasteiger partial charge < -0.3 is 5.73 Å². The second-order valence-corrected chi connectivity index (χ2v) is 5.81. The highest BCUT2D eigenvalue weighted by Crippen LogP contribution is 2.34. The molecule has 1 aromatic heterocycles. The van der Waals surface area contributed by atoms with E-state index in [0.29, 0.717) is 5.56 Å². The lowest BCUT2D eigenvalue weighted by molar-refractivity contribution is 1.01. The zero-order valence-electron chi connectivity index (χ0n) is 7.98. The summed E-state index contributed by atoms with van der Waals surface area (Å²) in [7, 11) is 0. The van der Waals surface area contributed by atoms with Crippen LogP contribution < -0.4 is 5.73 Å². The third kappa shape index (κ3) is 2.42. The highest BCUT2D eigenvalue weighted by molar-refractivity contribution is 9.10. The van der Waals surface area contributed by atoms with E-state index in [4.69, 9.17) is 11.1 Å². The first-order valence-corrected chi connectivity index (χ1v) is 6.74. The van der Waals surface area contributed by atoms with Crippen LogP contribution in [0.25, 0.3) is 0 Å². The number of rotatable bonds is 3. The third-order valence-electron chi connectivity index (χ3n) is 1.78. The topological polar surface area (TPSA) is 75.7 Å². The quantitative estimate of drug-likeness (QED) is 0.674. The van der Waals surface area contributed by atoms with Gasteiger partial charge in [-0.2, -0.15) is 0 Å². The average molecular weight is 315 g/mol. The normalized spacial score (nSPS) is 10.3. The Bertz CT molecular complexity index is 512. The number of amidine groups is 1. The number of benzene rings is 1. The highest BCUT2D eigenvalue weighted by Gasteiger charge is 2.11. The number of nitrogens with one attached hydrogen (secondary N) is 1. The lowest BCUT2D eigenvalue weighted by atomic mass is 10.2. The zero-order chi connectivity index (χ0) is 11.5. The van der Waals surface area contributed by atoms with Gasteiger partial charge in [0.1, 0.15) is 11.3 Å². The van der Waals surface area contributed by atoms with E-state index in [1.54, 1.807) is 5.51 Å². The van der Waals surface area contributed by atoms with Gasteiger partial charge >= 0.3 is 0 Å². The fraction of sp³-hybridized carbons (Fsp3) is 0. The number of hydrogen-bond acceptors (Lipinski definition) is 5. The maximum absolute atomic E-state index is 7.55. The van der Waals surface area contributed by atoms with Crippen molar-refractivity contribution >= 4 is 44.9 Å². The van der Waals surface area contributed by atoms with Crippen molar-refractivity contribution in [2.45, 2.75) is 9.24 Å². The molecular weight excluding hydrogens is 308 g/mol. The van der Waals surface area contributed by atoms with E-state index in [2.05, 4.69) is 26.1 Å². The number of nitrogen functional groups attached to an aromatic ring is 1. The van der Waals surface area contributed by atoms with Gasteiger partial charge in [0.15, 0.2) is 4.34 Å². The van der Waals surface area contributed by atoms with Gasteiger partial charge in [-0.05, 0) is 28.1 Å². The lowest BCUT2D eigenvalue weighted by Gasteiger charge is -2.07. The molecule has 0 amide bonds. The molecule has 0 aliphatic carbocycles. The van der Waals surface area contributed by atoms with Crippen LogP contribution in [0.1, 0.15) is 5.56 Å². The molecule has 82 valence electrons. The molecular formula is C9H7BrN4S2. The summed E-state index contributed by atoms with van der Waals surface area (Å²) in [4.78, 5) is 0.902. The van der Waals surface area contributed by atoms with E-state index in [9.17, 15) is 0 Å². The van der Waals surface area contributed by atoms with E-state index >= 15 is 0 Å². The van der Waals surface area contributed by atoms with Gasteiger partial charge in [-0.15, -0.1) is 10.2 Å². The molecule has 0 aliphatic heterocycles. The number of nitrogens with zero attached hydrogens (tertiary/aromatic N) is 2. The van der Waals surface area contributed by atoms with Crippen molar-refractivity contribution in [1.82, 2.24) is 10.2 Å². The molecule has 0 unspecified atom stereocenters. The molecule has 0 bridgehead atoms. The first-order valence-electron chi connectivity index (χ1n) is 4.25. The Labute approximate surface area is 109 Å². The Morgan fingerprint density at radius 3 is 2.94 bits per heavy atom. The second kappa shape index (κ2) is 4.94. The van der Waals surface area contributed by atoms with Crippen LogP contribution >= 0.6 is 39.0 Å². The maximum Gasteiger partial charge on any atom is 0.178 e. The van der Waals surface area contributed by atoms with E-state index in [1.807, 2.05) is 18.2 Å². The minimum absolute atomic E-state index is 0.0412. The Hall–Kier alpha value is -0.920. The highest BCUT2D eigenvalue weighted by atomic mass is 79.9. The Morgan fingerprint density at radius 1 is 1.50 bits per heavy atom. The van der Waals surface area contributed by atoms with Crippen LogP contribution in [0.15, 0.2) is 37.4 Å². The minimum Gasteiger partial charge on any atom is -0.384 e. The van der Waals surface area contributed by atoms with Crippen molar-refractivity contribution in [1.29, 1.82) is 5.41 Å². The smallest absolute Gasteiger partial charge is 0.178 e. The van der Waals surface area contributed by atoms with E-state index < -0.39 is 0 Å². The molecule has 2 rings (SSSR count). The van der Waals surface area contributed by atoms with Crippen LogP contribution in [0.2, 0.25) is 0 Å². The number of aromatic nitrogens is 2. The standard InChI is InChI=1S/C9H7BrN4S2/c10-5-2-1-3-6(7(5)8(11)12)16-9-14-13-4-15-9/h1-4H,(H3,11,12). The summed E-state index contributed by atoms with van der Waals surface area (Å²) in [5, 5.41) is 15.3. The first-order chi connectivity index (χ1) is 7.68. The van der Waals surface area contributed by atoms with Crippen LogP contribution in [-0.4, -0.2) is 16.0 Å². The van der Waals surface area contributed by atoms with E-state index in [1.165, 1.54) is 23.1 Å². The average Bonchev–Trinajstić information content (AvgIpc) is 2.70. The summed E-state index contributed by atoms with van der Waals surface area (Å²) < 4.78 is 1.65. The van der Waals surface area contributed by atoms with Gasteiger partial charge in [0.05, 0.1) is 0 Å². The summed E-state index contributed by atoms with van der Waals surface area (Å²) in [6.07, 6.45) is 0. The molecule has 7 heteroatoms.